The summed E-state index contributed by atoms with van der Waals surface area (Å²) in [5.74, 6) is -0.534. The predicted molar refractivity (Wildman–Crippen MR) is 400 cm³/mol. The van der Waals surface area contributed by atoms with Gasteiger partial charge in [-0.05, 0) is 90.9 Å². The highest BCUT2D eigenvalue weighted by Crippen LogP contribution is 2.24. The Morgan fingerprint density at radius 2 is 0.543 bits per heavy atom. The number of nitrogens with zero attached hydrogens (tertiary/aromatic N) is 4. The van der Waals surface area contributed by atoms with Crippen LogP contribution in [0.4, 0.5) is 0 Å². The molecule has 0 aliphatic heterocycles. The Morgan fingerprint density at radius 3 is 0.809 bits per heavy atom. The van der Waals surface area contributed by atoms with E-state index < -0.39 is 0 Å². The summed E-state index contributed by atoms with van der Waals surface area (Å²) in [6.45, 7) is 23.7. The van der Waals surface area contributed by atoms with Crippen molar-refractivity contribution < 1.29 is 38.1 Å². The summed E-state index contributed by atoms with van der Waals surface area (Å²) in [6, 6.07) is 0.995. The second-order valence-corrected chi connectivity index (χ2v) is 29.0. The van der Waals surface area contributed by atoms with Gasteiger partial charge in [-0.25, -0.2) is 0 Å². The smallest absolute Gasteiger partial charge is 0.307 e. The molecule has 0 aromatic carbocycles. The molecule has 0 heterocycles. The van der Waals surface area contributed by atoms with Gasteiger partial charge in [-0.15, -0.1) is 0 Å². The molecule has 1 aliphatic rings. The van der Waals surface area contributed by atoms with Crippen LogP contribution < -0.4 is 0 Å². The Bertz CT molecular complexity index is 1540. The molecular formula is C82H160N4O8. The Kier molecular flexibility index (Phi) is 67.4. The molecule has 0 N–H and O–H groups in total. The van der Waals surface area contributed by atoms with E-state index in [-0.39, 0.29) is 23.9 Å². The Balaban J connectivity index is 2.91. The highest BCUT2D eigenvalue weighted by molar-refractivity contribution is 5.71. The van der Waals surface area contributed by atoms with Gasteiger partial charge in [-0.2, -0.15) is 0 Å². The number of ether oxygens (including phenoxy) is 4. The number of hydrogen-bond donors (Lipinski definition) is 0. The monoisotopic (exact) mass is 1330 g/mol. The first-order chi connectivity index (χ1) is 46.2. The fourth-order valence-corrected chi connectivity index (χ4v) is 13.8. The lowest BCUT2D eigenvalue weighted by Crippen LogP contribution is -2.45. The van der Waals surface area contributed by atoms with E-state index >= 15 is 0 Å². The summed E-state index contributed by atoms with van der Waals surface area (Å²) < 4.78 is 23.1. The number of carbonyl (C=O) groups excluding carboxylic acids is 4. The van der Waals surface area contributed by atoms with Crippen molar-refractivity contribution >= 4 is 23.9 Å². The predicted octanol–water partition coefficient (Wildman–Crippen LogP) is 22.1. The fraction of sp³-hybridized carbons (Fsp3) is 0.951. The van der Waals surface area contributed by atoms with Crippen molar-refractivity contribution in [1.82, 2.24) is 19.6 Å². The minimum absolute atomic E-state index is 0.131. The fourth-order valence-electron chi connectivity index (χ4n) is 13.8. The molecule has 0 bridgehead atoms. The third-order valence-electron chi connectivity index (χ3n) is 20.4. The number of rotatable bonds is 74. The summed E-state index contributed by atoms with van der Waals surface area (Å²) in [5.41, 5.74) is 0. The van der Waals surface area contributed by atoms with Gasteiger partial charge in [0.2, 0.25) is 0 Å². The van der Waals surface area contributed by atoms with E-state index in [1.807, 2.05) is 0 Å². The average molecular weight is 1330 g/mol. The van der Waals surface area contributed by atoms with Gasteiger partial charge in [-0.3, -0.25) is 29.0 Å². The van der Waals surface area contributed by atoms with Crippen molar-refractivity contribution in [1.29, 1.82) is 0 Å². The molecule has 1 fully saturated rings. The molecule has 0 spiro atoms. The van der Waals surface area contributed by atoms with Crippen LogP contribution in [-0.2, 0) is 38.1 Å². The van der Waals surface area contributed by atoms with Crippen LogP contribution in [0.1, 0.15) is 401 Å². The van der Waals surface area contributed by atoms with Gasteiger partial charge >= 0.3 is 23.9 Å². The number of unbranched alkanes of at least 4 members (excludes halogenated alkanes) is 40. The van der Waals surface area contributed by atoms with Crippen molar-refractivity contribution in [3.05, 3.63) is 0 Å². The number of hydrogen-bond acceptors (Lipinski definition) is 12. The van der Waals surface area contributed by atoms with Crippen LogP contribution in [0.5, 0.6) is 0 Å². The molecule has 0 aromatic heterocycles. The second-order valence-electron chi connectivity index (χ2n) is 29.0. The van der Waals surface area contributed by atoms with Gasteiger partial charge in [0.25, 0.3) is 0 Å². The van der Waals surface area contributed by atoms with Crippen LogP contribution in [0.3, 0.4) is 0 Å². The van der Waals surface area contributed by atoms with E-state index in [9.17, 15) is 19.2 Å². The topological polar surface area (TPSA) is 118 Å². The molecule has 1 unspecified atom stereocenters. The maximum Gasteiger partial charge on any atom is 0.307 e. The lowest BCUT2D eigenvalue weighted by molar-refractivity contribution is -0.146. The molecule has 0 radical (unpaired) electrons. The molecule has 1 rings (SSSR count). The standard InChI is InChI=1S/C82H160N4O8/c1-7-12-16-20-24-28-32-36-40-44-51-73-91-79(87)59-67-83(68-60-80(88)92-74-52-45-41-37-33-29-25-21-17-13-8-2)63-55-65-85(77(6)11-5)71-72-86(78-57-49-48-50-58-78)66-56-64-84(69-61-81(89)93-75-53-46-42-38-34-30-26-22-18-14-9-3)70-62-82(90)94-76-54-47-43-39-35-31-27-23-19-15-10-4/h77-78H,7-76H2,1-6H3. The van der Waals surface area contributed by atoms with Crippen molar-refractivity contribution in [2.24, 2.45) is 0 Å². The first kappa shape index (κ1) is 89.7. The van der Waals surface area contributed by atoms with Crippen molar-refractivity contribution in [2.75, 3.05) is 91.9 Å². The SMILES string of the molecule is CCCCCCCCCCCCCOC(=O)CCN(CCCN(CCN(CCCN(CCC(=O)OCCCCCCCCCCCCC)CCC(=O)OCCCCCCCCCCCCC)C1CCCCC1)C(C)CC)CCC(=O)OCCCCCCCCCCCCC. The molecule has 0 amide bonds. The summed E-state index contributed by atoms with van der Waals surface area (Å²) in [7, 11) is 0. The molecule has 94 heavy (non-hydrogen) atoms. The summed E-state index contributed by atoms with van der Waals surface area (Å²) in [5, 5.41) is 0. The molecule has 12 heteroatoms. The molecular weight excluding hydrogens is 1170 g/mol. The van der Waals surface area contributed by atoms with Crippen LogP contribution in [0.15, 0.2) is 0 Å². The Hall–Kier alpha value is -2.28. The van der Waals surface area contributed by atoms with E-state index in [0.29, 0.717) is 90.4 Å². The maximum atomic E-state index is 13.2. The van der Waals surface area contributed by atoms with Gasteiger partial charge in [-0.1, -0.05) is 311 Å². The molecule has 1 saturated carbocycles. The normalized spacial score (nSPS) is 13.3. The van der Waals surface area contributed by atoms with Gasteiger partial charge in [0.05, 0.1) is 52.1 Å². The molecule has 556 valence electrons. The van der Waals surface area contributed by atoms with Gasteiger partial charge in [0.15, 0.2) is 0 Å². The summed E-state index contributed by atoms with van der Waals surface area (Å²) in [6.07, 6.45) is 66.4. The minimum Gasteiger partial charge on any atom is -0.466 e. The van der Waals surface area contributed by atoms with Crippen LogP contribution >= 0.6 is 0 Å². The van der Waals surface area contributed by atoms with Crippen molar-refractivity contribution in [2.45, 2.75) is 413 Å². The minimum atomic E-state index is -0.136. The lowest BCUT2D eigenvalue weighted by Gasteiger charge is -2.37. The molecule has 1 aliphatic carbocycles. The third-order valence-corrected chi connectivity index (χ3v) is 20.4. The zero-order valence-electron chi connectivity index (χ0n) is 63.7. The van der Waals surface area contributed by atoms with Crippen LogP contribution in [0.2, 0.25) is 0 Å². The van der Waals surface area contributed by atoms with Crippen LogP contribution in [-0.4, -0.2) is 147 Å². The summed E-state index contributed by atoms with van der Waals surface area (Å²) >= 11 is 0. The zero-order chi connectivity index (χ0) is 68.1. The highest BCUT2D eigenvalue weighted by Gasteiger charge is 2.24. The van der Waals surface area contributed by atoms with E-state index in [1.54, 1.807) is 0 Å². The number of carbonyl (C=O) groups is 4. The molecule has 12 nitrogen and oxygen atoms in total. The van der Waals surface area contributed by atoms with Gasteiger partial charge in [0, 0.05) is 51.4 Å². The quantitative estimate of drug-likeness (QED) is 0.0328. The number of esters is 4. The van der Waals surface area contributed by atoms with Gasteiger partial charge in [0.1, 0.15) is 0 Å². The third kappa shape index (κ3) is 59.7. The van der Waals surface area contributed by atoms with Crippen molar-refractivity contribution in [3.63, 3.8) is 0 Å². The van der Waals surface area contributed by atoms with Crippen LogP contribution in [0, 0.1) is 0 Å². The Morgan fingerprint density at radius 1 is 0.287 bits per heavy atom. The molecule has 1 atom stereocenters. The van der Waals surface area contributed by atoms with E-state index in [2.05, 4.69) is 61.1 Å². The van der Waals surface area contributed by atoms with E-state index in [4.69, 9.17) is 18.9 Å². The lowest BCUT2D eigenvalue weighted by atomic mass is 9.94. The highest BCUT2D eigenvalue weighted by atomic mass is 16.5. The van der Waals surface area contributed by atoms with Gasteiger partial charge < -0.3 is 28.7 Å². The second kappa shape index (κ2) is 70.6. The molecule has 0 saturated heterocycles. The molecule has 0 aromatic rings. The average Bonchev–Trinajstić information content (AvgIpc) is 1.40. The first-order valence-corrected chi connectivity index (χ1v) is 41.7. The summed E-state index contributed by atoms with van der Waals surface area (Å²) in [4.78, 5) is 62.7. The van der Waals surface area contributed by atoms with Crippen molar-refractivity contribution in [3.8, 4) is 0 Å². The van der Waals surface area contributed by atoms with Crippen LogP contribution in [0.25, 0.3) is 0 Å². The Labute approximate surface area is 583 Å². The largest absolute Gasteiger partial charge is 0.466 e. The maximum absolute atomic E-state index is 13.2. The van der Waals surface area contributed by atoms with E-state index in [1.165, 1.54) is 263 Å². The zero-order valence-corrected chi connectivity index (χ0v) is 63.7. The van der Waals surface area contributed by atoms with E-state index in [0.717, 1.165) is 110 Å². The first-order valence-electron chi connectivity index (χ1n) is 41.7.